The minimum Gasteiger partial charge on any atom is -0.497 e. The number of nitrogens with zero attached hydrogens (tertiary/aromatic N) is 3. The summed E-state index contributed by atoms with van der Waals surface area (Å²) < 4.78 is 6.98. The van der Waals surface area contributed by atoms with Gasteiger partial charge in [-0.2, -0.15) is 5.10 Å². The van der Waals surface area contributed by atoms with Crippen LogP contribution in [0.4, 0.5) is 0 Å². The molecule has 2 heterocycles. The molecular weight excluding hydrogens is 364 g/mol. The van der Waals surface area contributed by atoms with E-state index in [2.05, 4.69) is 10.3 Å². The lowest BCUT2D eigenvalue weighted by molar-refractivity contribution is 0.0943. The number of rotatable bonds is 6. The second kappa shape index (κ2) is 8.39. The maximum Gasteiger partial charge on any atom is 0.270 e. The number of para-hydroxylation sites is 1. The molecule has 0 aliphatic carbocycles. The van der Waals surface area contributed by atoms with Crippen molar-refractivity contribution in [3.05, 3.63) is 96.4 Å². The van der Waals surface area contributed by atoms with E-state index >= 15 is 0 Å². The minimum absolute atomic E-state index is 0.202. The Morgan fingerprint density at radius 1 is 1.00 bits per heavy atom. The molecule has 29 heavy (non-hydrogen) atoms. The summed E-state index contributed by atoms with van der Waals surface area (Å²) in [5, 5.41) is 7.65. The highest BCUT2D eigenvalue weighted by atomic mass is 16.5. The average Bonchev–Trinajstić information content (AvgIpc) is 3.24. The SMILES string of the molecule is COc1cccc(-c2cc(C(=O)NCc3ccncc3)n(-c3ccccc3)n2)c1. The predicted molar refractivity (Wildman–Crippen MR) is 111 cm³/mol. The fraction of sp³-hybridized carbons (Fsp3) is 0.0870. The summed E-state index contributed by atoms with van der Waals surface area (Å²) in [5.74, 6) is 0.535. The molecule has 6 nitrogen and oxygen atoms in total. The van der Waals surface area contributed by atoms with Gasteiger partial charge >= 0.3 is 0 Å². The zero-order chi connectivity index (χ0) is 20.1. The molecule has 4 aromatic rings. The monoisotopic (exact) mass is 384 g/mol. The summed E-state index contributed by atoms with van der Waals surface area (Å²) in [6.45, 7) is 0.413. The van der Waals surface area contributed by atoms with Gasteiger partial charge in [-0.05, 0) is 48.0 Å². The Bertz CT molecular complexity index is 1110. The first-order valence-corrected chi connectivity index (χ1v) is 9.21. The number of nitrogens with one attached hydrogen (secondary N) is 1. The van der Waals surface area contributed by atoms with Crippen LogP contribution in [0.5, 0.6) is 5.75 Å². The Morgan fingerprint density at radius 2 is 1.79 bits per heavy atom. The van der Waals surface area contributed by atoms with Gasteiger partial charge in [-0.3, -0.25) is 9.78 Å². The van der Waals surface area contributed by atoms with Crippen LogP contribution < -0.4 is 10.1 Å². The molecule has 0 aliphatic rings. The zero-order valence-corrected chi connectivity index (χ0v) is 15.9. The number of benzene rings is 2. The number of pyridine rings is 1. The number of ether oxygens (including phenoxy) is 1. The molecular formula is C23H20N4O2. The van der Waals surface area contributed by atoms with Gasteiger partial charge in [0.2, 0.25) is 0 Å². The lowest BCUT2D eigenvalue weighted by atomic mass is 10.1. The number of carbonyl (C=O) groups is 1. The molecule has 2 aromatic heterocycles. The highest BCUT2D eigenvalue weighted by Crippen LogP contribution is 2.25. The number of hydrogen-bond acceptors (Lipinski definition) is 4. The van der Waals surface area contributed by atoms with E-state index in [4.69, 9.17) is 9.84 Å². The number of hydrogen-bond donors (Lipinski definition) is 1. The van der Waals surface area contributed by atoms with E-state index in [-0.39, 0.29) is 5.91 Å². The predicted octanol–water partition coefficient (Wildman–Crippen LogP) is 3.87. The van der Waals surface area contributed by atoms with Crippen LogP contribution >= 0.6 is 0 Å². The van der Waals surface area contributed by atoms with Gasteiger partial charge in [0, 0.05) is 24.5 Å². The summed E-state index contributed by atoms with van der Waals surface area (Å²) in [7, 11) is 1.62. The van der Waals surface area contributed by atoms with Gasteiger partial charge in [0.25, 0.3) is 5.91 Å². The number of amides is 1. The fourth-order valence-corrected chi connectivity index (χ4v) is 3.01. The summed E-state index contributed by atoms with van der Waals surface area (Å²) >= 11 is 0. The van der Waals surface area contributed by atoms with Crippen molar-refractivity contribution in [1.29, 1.82) is 0 Å². The zero-order valence-electron chi connectivity index (χ0n) is 15.9. The van der Waals surface area contributed by atoms with Gasteiger partial charge in [-0.15, -0.1) is 0 Å². The molecule has 144 valence electrons. The number of aromatic nitrogens is 3. The Hall–Kier alpha value is -3.93. The van der Waals surface area contributed by atoms with Crippen molar-refractivity contribution in [1.82, 2.24) is 20.1 Å². The van der Waals surface area contributed by atoms with Crippen LogP contribution in [-0.4, -0.2) is 27.8 Å². The molecule has 6 heteroatoms. The van der Waals surface area contributed by atoms with Gasteiger partial charge in [-0.1, -0.05) is 30.3 Å². The highest BCUT2D eigenvalue weighted by molar-refractivity contribution is 5.94. The van der Waals surface area contributed by atoms with Crippen LogP contribution in [0, 0.1) is 0 Å². The van der Waals surface area contributed by atoms with Crippen molar-refractivity contribution < 1.29 is 9.53 Å². The smallest absolute Gasteiger partial charge is 0.270 e. The van der Waals surface area contributed by atoms with E-state index in [0.29, 0.717) is 17.9 Å². The van der Waals surface area contributed by atoms with Gasteiger partial charge in [0.1, 0.15) is 11.4 Å². The van der Waals surface area contributed by atoms with Crippen molar-refractivity contribution in [2.24, 2.45) is 0 Å². The third-order valence-electron chi connectivity index (χ3n) is 4.51. The van der Waals surface area contributed by atoms with E-state index in [1.54, 1.807) is 30.3 Å². The topological polar surface area (TPSA) is 69.0 Å². The molecule has 2 aromatic carbocycles. The summed E-state index contributed by atoms with van der Waals surface area (Å²) in [5.41, 5.74) is 3.83. The first kappa shape index (κ1) is 18.4. The van der Waals surface area contributed by atoms with Crippen LogP contribution in [0.1, 0.15) is 16.1 Å². The van der Waals surface area contributed by atoms with Crippen LogP contribution in [-0.2, 0) is 6.54 Å². The van der Waals surface area contributed by atoms with Crippen LogP contribution in [0.2, 0.25) is 0 Å². The minimum atomic E-state index is -0.202. The molecule has 0 saturated carbocycles. The standard InChI is InChI=1S/C23H20N4O2/c1-29-20-9-5-6-18(14-20)21-15-22(27(26-21)19-7-3-2-4-8-19)23(28)25-16-17-10-12-24-13-11-17/h2-15H,16H2,1H3,(H,25,28). The van der Waals surface area contributed by atoms with Gasteiger partial charge in [0.05, 0.1) is 18.5 Å². The third kappa shape index (κ3) is 4.16. The van der Waals surface area contributed by atoms with Crippen molar-refractivity contribution in [3.8, 4) is 22.7 Å². The summed E-state index contributed by atoms with van der Waals surface area (Å²) in [6.07, 6.45) is 3.41. The molecule has 0 atom stereocenters. The van der Waals surface area contributed by atoms with Gasteiger partial charge in [0.15, 0.2) is 0 Å². The maximum absolute atomic E-state index is 13.0. The third-order valence-corrected chi connectivity index (χ3v) is 4.51. The number of methoxy groups -OCH3 is 1. The van der Waals surface area contributed by atoms with Gasteiger partial charge in [-0.25, -0.2) is 4.68 Å². The van der Waals surface area contributed by atoms with E-state index in [1.807, 2.05) is 66.7 Å². The van der Waals surface area contributed by atoms with Gasteiger partial charge < -0.3 is 10.1 Å². The van der Waals surface area contributed by atoms with Crippen molar-refractivity contribution >= 4 is 5.91 Å². The van der Waals surface area contributed by atoms with Crippen LogP contribution in [0.25, 0.3) is 16.9 Å². The maximum atomic E-state index is 13.0. The molecule has 0 bridgehead atoms. The summed E-state index contributed by atoms with van der Waals surface area (Å²) in [4.78, 5) is 17.0. The molecule has 0 radical (unpaired) electrons. The lowest BCUT2D eigenvalue weighted by Crippen LogP contribution is -2.25. The normalized spacial score (nSPS) is 10.5. The van der Waals surface area contributed by atoms with E-state index in [0.717, 1.165) is 22.6 Å². The molecule has 0 saturated heterocycles. The second-order valence-electron chi connectivity index (χ2n) is 6.43. The first-order valence-electron chi connectivity index (χ1n) is 9.21. The molecule has 0 fully saturated rings. The molecule has 4 rings (SSSR count). The van der Waals surface area contributed by atoms with Crippen molar-refractivity contribution in [2.45, 2.75) is 6.54 Å². The highest BCUT2D eigenvalue weighted by Gasteiger charge is 2.17. The number of carbonyl (C=O) groups excluding carboxylic acids is 1. The Labute approximate surface area is 168 Å². The summed E-state index contributed by atoms with van der Waals surface area (Å²) in [6, 6.07) is 22.8. The van der Waals surface area contributed by atoms with E-state index in [1.165, 1.54) is 0 Å². The quantitative estimate of drug-likeness (QED) is 0.548. The Kier molecular flexibility index (Phi) is 5.33. The molecule has 1 N–H and O–H groups in total. The molecule has 0 aliphatic heterocycles. The average molecular weight is 384 g/mol. The lowest BCUT2D eigenvalue weighted by Gasteiger charge is -2.08. The van der Waals surface area contributed by atoms with E-state index in [9.17, 15) is 4.79 Å². The van der Waals surface area contributed by atoms with Crippen LogP contribution in [0.15, 0.2) is 85.2 Å². The van der Waals surface area contributed by atoms with Crippen molar-refractivity contribution in [3.63, 3.8) is 0 Å². The molecule has 0 unspecified atom stereocenters. The van der Waals surface area contributed by atoms with Crippen molar-refractivity contribution in [2.75, 3.05) is 7.11 Å². The molecule has 1 amide bonds. The first-order chi connectivity index (χ1) is 14.2. The second-order valence-corrected chi connectivity index (χ2v) is 6.43. The van der Waals surface area contributed by atoms with Crippen LogP contribution in [0.3, 0.4) is 0 Å². The molecule has 0 spiro atoms. The Balaban J connectivity index is 1.69. The van der Waals surface area contributed by atoms with E-state index < -0.39 is 0 Å². The Morgan fingerprint density at radius 3 is 2.55 bits per heavy atom. The largest absolute Gasteiger partial charge is 0.497 e. The fourth-order valence-electron chi connectivity index (χ4n) is 3.01.